The van der Waals surface area contributed by atoms with Crippen LogP contribution in [0, 0.1) is 12.7 Å². The maximum absolute atomic E-state index is 13.5. The first-order valence-electron chi connectivity index (χ1n) is 9.03. The van der Waals surface area contributed by atoms with Crippen molar-refractivity contribution in [2.75, 3.05) is 4.90 Å². The number of aromatic nitrogens is 1. The molecule has 1 amide bonds. The predicted molar refractivity (Wildman–Crippen MR) is 107 cm³/mol. The van der Waals surface area contributed by atoms with E-state index in [0.717, 1.165) is 0 Å². The molecule has 3 aromatic rings. The van der Waals surface area contributed by atoms with Gasteiger partial charge in [-0.25, -0.2) is 9.37 Å². The topological polar surface area (TPSA) is 70.5 Å². The van der Waals surface area contributed by atoms with E-state index in [0.29, 0.717) is 16.8 Å². The Balaban J connectivity index is 1.96. The minimum absolute atomic E-state index is 0.0592. The number of hydrogen-bond acceptors (Lipinski definition) is 4. The molecule has 0 bridgehead atoms. The van der Waals surface area contributed by atoms with Gasteiger partial charge in [-0.3, -0.25) is 14.5 Å². The smallest absolute Gasteiger partial charge is 0.301 e. The van der Waals surface area contributed by atoms with Crippen LogP contribution in [0.5, 0.6) is 0 Å². The fourth-order valence-corrected chi connectivity index (χ4v) is 3.44. The van der Waals surface area contributed by atoms with Gasteiger partial charge in [0, 0.05) is 11.3 Å². The molecule has 0 unspecified atom stereocenters. The number of pyridine rings is 1. The van der Waals surface area contributed by atoms with Crippen molar-refractivity contribution in [3.63, 3.8) is 0 Å². The molecule has 1 N–H and O–H groups in total. The van der Waals surface area contributed by atoms with Crippen molar-refractivity contribution >= 4 is 23.3 Å². The van der Waals surface area contributed by atoms with E-state index in [9.17, 15) is 19.1 Å². The number of aryl methyl sites for hydroxylation is 1. The molecule has 1 fully saturated rings. The van der Waals surface area contributed by atoms with Crippen molar-refractivity contribution in [2.24, 2.45) is 0 Å². The van der Waals surface area contributed by atoms with Gasteiger partial charge in [-0.05, 0) is 36.8 Å². The number of ketones is 1. The minimum atomic E-state index is -0.926. The normalized spacial score (nSPS) is 18.3. The standard InChI is InChI=1S/C23H17FN2O3/c1-14-6-5-9-18(25-14)26-20(15-10-12-17(24)13-11-15)19(22(28)23(26)29)21(27)16-7-3-2-4-8-16/h2-13,20,27H,1H3/t20-/m0/s1. The largest absolute Gasteiger partial charge is 0.507 e. The molecule has 2 heterocycles. The zero-order valence-corrected chi connectivity index (χ0v) is 15.5. The fourth-order valence-electron chi connectivity index (χ4n) is 3.44. The summed E-state index contributed by atoms with van der Waals surface area (Å²) >= 11 is 0. The lowest BCUT2D eigenvalue weighted by atomic mass is 9.95. The highest BCUT2D eigenvalue weighted by molar-refractivity contribution is 6.51. The molecule has 1 saturated heterocycles. The number of carbonyl (C=O) groups excluding carboxylic acids is 2. The van der Waals surface area contributed by atoms with E-state index in [4.69, 9.17) is 0 Å². The first-order chi connectivity index (χ1) is 14.0. The molecule has 0 saturated carbocycles. The summed E-state index contributed by atoms with van der Waals surface area (Å²) in [5.74, 6) is -2.05. The van der Waals surface area contributed by atoms with Gasteiger partial charge in [-0.1, -0.05) is 48.5 Å². The maximum Gasteiger partial charge on any atom is 0.301 e. The summed E-state index contributed by atoms with van der Waals surface area (Å²) in [5.41, 5.74) is 1.52. The maximum atomic E-state index is 13.5. The lowest BCUT2D eigenvalue weighted by Crippen LogP contribution is -2.30. The van der Waals surface area contributed by atoms with Gasteiger partial charge in [0.25, 0.3) is 5.78 Å². The number of anilines is 1. The van der Waals surface area contributed by atoms with Crippen LogP contribution in [0.15, 0.2) is 78.4 Å². The van der Waals surface area contributed by atoms with Crippen LogP contribution >= 0.6 is 0 Å². The number of amides is 1. The Kier molecular flexibility index (Phi) is 4.68. The summed E-state index contributed by atoms with van der Waals surface area (Å²) < 4.78 is 13.5. The first-order valence-corrected chi connectivity index (χ1v) is 9.03. The molecule has 0 spiro atoms. The Bertz CT molecular complexity index is 1120. The molecule has 1 atom stereocenters. The molecule has 2 aromatic carbocycles. The van der Waals surface area contributed by atoms with E-state index in [1.54, 1.807) is 55.5 Å². The van der Waals surface area contributed by atoms with E-state index in [-0.39, 0.29) is 17.2 Å². The first kappa shape index (κ1) is 18.6. The van der Waals surface area contributed by atoms with E-state index >= 15 is 0 Å². The molecule has 1 aliphatic rings. The van der Waals surface area contributed by atoms with E-state index in [1.165, 1.54) is 29.2 Å². The van der Waals surface area contributed by atoms with Crippen molar-refractivity contribution < 1.29 is 19.1 Å². The molecule has 0 aliphatic carbocycles. The van der Waals surface area contributed by atoms with Crippen molar-refractivity contribution in [3.05, 3.63) is 101 Å². The molecule has 144 valence electrons. The third-order valence-corrected chi connectivity index (χ3v) is 4.80. The third-order valence-electron chi connectivity index (χ3n) is 4.80. The second-order valence-electron chi connectivity index (χ2n) is 6.72. The van der Waals surface area contributed by atoms with Gasteiger partial charge in [-0.15, -0.1) is 0 Å². The van der Waals surface area contributed by atoms with Crippen LogP contribution in [0.1, 0.15) is 22.9 Å². The average molecular weight is 388 g/mol. The van der Waals surface area contributed by atoms with E-state index in [2.05, 4.69) is 4.98 Å². The van der Waals surface area contributed by atoms with Gasteiger partial charge in [0.05, 0.1) is 11.6 Å². The Labute approximate surface area is 166 Å². The Morgan fingerprint density at radius 3 is 2.31 bits per heavy atom. The van der Waals surface area contributed by atoms with Crippen molar-refractivity contribution in [1.29, 1.82) is 0 Å². The monoisotopic (exact) mass is 388 g/mol. The summed E-state index contributed by atoms with van der Waals surface area (Å²) in [6, 6.07) is 18.2. The van der Waals surface area contributed by atoms with Gasteiger partial charge in [-0.2, -0.15) is 0 Å². The summed E-state index contributed by atoms with van der Waals surface area (Å²) in [5, 5.41) is 10.9. The summed E-state index contributed by atoms with van der Waals surface area (Å²) in [6.07, 6.45) is 0. The molecule has 6 heteroatoms. The number of rotatable bonds is 3. The number of halogens is 1. The zero-order valence-electron chi connectivity index (χ0n) is 15.5. The van der Waals surface area contributed by atoms with Crippen molar-refractivity contribution in [2.45, 2.75) is 13.0 Å². The van der Waals surface area contributed by atoms with Crippen LogP contribution in [-0.4, -0.2) is 21.8 Å². The molecule has 0 radical (unpaired) electrons. The van der Waals surface area contributed by atoms with Gasteiger partial charge in [0.2, 0.25) is 0 Å². The number of Topliss-reactive ketones (excluding diaryl/α,β-unsaturated/α-hetero) is 1. The lowest BCUT2D eigenvalue weighted by molar-refractivity contribution is -0.132. The third kappa shape index (κ3) is 3.29. The Morgan fingerprint density at radius 2 is 1.66 bits per heavy atom. The summed E-state index contributed by atoms with van der Waals surface area (Å²) in [6.45, 7) is 1.77. The van der Waals surface area contributed by atoms with Crippen molar-refractivity contribution in [1.82, 2.24) is 4.98 Å². The number of aliphatic hydroxyl groups excluding tert-OH is 1. The zero-order chi connectivity index (χ0) is 20.5. The van der Waals surface area contributed by atoms with Gasteiger partial charge in [0.15, 0.2) is 0 Å². The van der Waals surface area contributed by atoms with E-state index in [1.807, 2.05) is 0 Å². The van der Waals surface area contributed by atoms with Crippen LogP contribution in [0.4, 0.5) is 10.2 Å². The minimum Gasteiger partial charge on any atom is -0.507 e. The molecule has 29 heavy (non-hydrogen) atoms. The molecule has 4 rings (SSSR count). The van der Waals surface area contributed by atoms with Gasteiger partial charge >= 0.3 is 5.91 Å². The Hall–Kier alpha value is -3.80. The van der Waals surface area contributed by atoms with Crippen LogP contribution in [0.3, 0.4) is 0 Å². The highest BCUT2D eigenvalue weighted by Gasteiger charge is 2.47. The molecule has 1 aromatic heterocycles. The molecule has 5 nitrogen and oxygen atoms in total. The lowest BCUT2D eigenvalue weighted by Gasteiger charge is -2.24. The highest BCUT2D eigenvalue weighted by Crippen LogP contribution is 2.41. The second-order valence-corrected chi connectivity index (χ2v) is 6.72. The number of hydrogen-bond donors (Lipinski definition) is 1. The van der Waals surface area contributed by atoms with Crippen LogP contribution in [0.25, 0.3) is 5.76 Å². The summed E-state index contributed by atoms with van der Waals surface area (Å²) in [4.78, 5) is 31.5. The average Bonchev–Trinajstić information content (AvgIpc) is 2.99. The molecular weight excluding hydrogens is 371 g/mol. The van der Waals surface area contributed by atoms with Crippen LogP contribution in [0.2, 0.25) is 0 Å². The summed E-state index contributed by atoms with van der Waals surface area (Å²) in [7, 11) is 0. The second kappa shape index (κ2) is 7.31. The number of aliphatic hydroxyl groups is 1. The number of benzene rings is 2. The van der Waals surface area contributed by atoms with E-state index < -0.39 is 23.5 Å². The SMILES string of the molecule is Cc1cccc(N2C(=O)C(=O)C(=C(O)c3ccccc3)[C@@H]2c2ccc(F)cc2)n1. The van der Waals surface area contributed by atoms with Gasteiger partial charge in [0.1, 0.15) is 17.4 Å². The number of nitrogens with zero attached hydrogens (tertiary/aromatic N) is 2. The predicted octanol–water partition coefficient (Wildman–Crippen LogP) is 4.16. The van der Waals surface area contributed by atoms with Gasteiger partial charge < -0.3 is 5.11 Å². The van der Waals surface area contributed by atoms with Crippen molar-refractivity contribution in [3.8, 4) is 0 Å². The molecule has 1 aliphatic heterocycles. The Morgan fingerprint density at radius 1 is 0.966 bits per heavy atom. The van der Waals surface area contributed by atoms with Crippen LogP contribution < -0.4 is 4.90 Å². The quantitative estimate of drug-likeness (QED) is 0.416. The molecular formula is C23H17FN2O3. The number of carbonyl (C=O) groups is 2. The fraction of sp³-hybridized carbons (Fsp3) is 0.0870. The highest BCUT2D eigenvalue weighted by atomic mass is 19.1. The van der Waals surface area contributed by atoms with Crippen LogP contribution in [-0.2, 0) is 9.59 Å².